The highest BCUT2D eigenvalue weighted by Gasteiger charge is 2.22. The normalized spacial score (nSPS) is 14.2. The van der Waals surface area contributed by atoms with E-state index in [1.165, 1.54) is 6.33 Å². The van der Waals surface area contributed by atoms with Crippen molar-refractivity contribution in [2.75, 3.05) is 0 Å². The monoisotopic (exact) mass is 238 g/mol. The molecule has 0 saturated heterocycles. The summed E-state index contributed by atoms with van der Waals surface area (Å²) in [7, 11) is 0. The maximum absolute atomic E-state index is 6.23. The van der Waals surface area contributed by atoms with Crippen LogP contribution in [0.4, 0.5) is 0 Å². The Morgan fingerprint density at radius 3 is 3.07 bits per heavy atom. The highest BCUT2D eigenvalue weighted by molar-refractivity contribution is 7.98. The highest BCUT2D eigenvalue weighted by Crippen LogP contribution is 2.35. The lowest BCUT2D eigenvalue weighted by Crippen LogP contribution is -2.00. The molecule has 0 fully saturated rings. The molecule has 0 unspecified atom stereocenters. The van der Waals surface area contributed by atoms with Gasteiger partial charge >= 0.3 is 0 Å². The van der Waals surface area contributed by atoms with E-state index in [9.17, 15) is 0 Å². The van der Waals surface area contributed by atoms with Crippen molar-refractivity contribution in [3.63, 3.8) is 0 Å². The molecule has 76 valence electrons. The Bertz CT molecular complexity index is 496. The second-order valence-corrected chi connectivity index (χ2v) is 4.53. The van der Waals surface area contributed by atoms with E-state index < -0.39 is 0 Å². The molecular weight excluding hydrogens is 232 g/mol. The fourth-order valence-corrected chi connectivity index (χ4v) is 2.96. The van der Waals surface area contributed by atoms with E-state index in [0.29, 0.717) is 5.15 Å². The van der Waals surface area contributed by atoms with Crippen LogP contribution in [0.2, 0.25) is 5.15 Å². The van der Waals surface area contributed by atoms with Gasteiger partial charge in [0.2, 0.25) is 0 Å². The van der Waals surface area contributed by atoms with Gasteiger partial charge in [0.05, 0.1) is 5.69 Å². The summed E-state index contributed by atoms with van der Waals surface area (Å²) >= 11 is 8.07. The zero-order valence-corrected chi connectivity index (χ0v) is 9.29. The SMILES string of the molecule is Clc1c2c(nn1-c1ccncn1)CSC2. The second kappa shape index (κ2) is 3.50. The molecule has 1 aliphatic heterocycles. The predicted molar refractivity (Wildman–Crippen MR) is 59.2 cm³/mol. The van der Waals surface area contributed by atoms with E-state index in [0.717, 1.165) is 28.6 Å². The lowest BCUT2D eigenvalue weighted by Gasteiger charge is -2.01. The average Bonchev–Trinajstić information content (AvgIpc) is 2.83. The molecule has 0 spiro atoms. The fraction of sp³-hybridized carbons (Fsp3) is 0.222. The Balaban J connectivity index is 2.14. The molecule has 0 bridgehead atoms. The van der Waals surface area contributed by atoms with Gasteiger partial charge < -0.3 is 0 Å². The number of thioether (sulfide) groups is 1. The van der Waals surface area contributed by atoms with Crippen molar-refractivity contribution in [1.29, 1.82) is 0 Å². The minimum absolute atomic E-state index is 0.675. The van der Waals surface area contributed by atoms with Gasteiger partial charge in [-0.25, -0.2) is 14.6 Å². The lowest BCUT2D eigenvalue weighted by atomic mass is 10.3. The molecule has 0 saturated carbocycles. The molecule has 3 heterocycles. The molecule has 15 heavy (non-hydrogen) atoms. The Morgan fingerprint density at radius 1 is 1.40 bits per heavy atom. The van der Waals surface area contributed by atoms with E-state index >= 15 is 0 Å². The number of fused-ring (bicyclic) bond motifs is 1. The maximum Gasteiger partial charge on any atom is 0.158 e. The van der Waals surface area contributed by atoms with Crippen molar-refractivity contribution < 1.29 is 0 Å². The van der Waals surface area contributed by atoms with Crippen LogP contribution in [0, 0.1) is 0 Å². The van der Waals surface area contributed by atoms with Gasteiger partial charge in [0.25, 0.3) is 0 Å². The first-order valence-electron chi connectivity index (χ1n) is 4.46. The van der Waals surface area contributed by atoms with Crippen LogP contribution in [0.1, 0.15) is 11.3 Å². The standard InChI is InChI=1S/C9H7ClN4S/c10-9-6-3-15-4-7(6)13-14(9)8-1-2-11-5-12-8/h1-2,5H,3-4H2. The topological polar surface area (TPSA) is 43.6 Å². The van der Waals surface area contributed by atoms with Crippen LogP contribution in [0.5, 0.6) is 0 Å². The minimum atomic E-state index is 0.675. The van der Waals surface area contributed by atoms with Gasteiger partial charge in [-0.15, -0.1) is 0 Å². The van der Waals surface area contributed by atoms with Gasteiger partial charge in [-0.05, 0) is 0 Å². The van der Waals surface area contributed by atoms with Gasteiger partial charge in [-0.3, -0.25) is 0 Å². The Kier molecular flexibility index (Phi) is 2.14. The van der Waals surface area contributed by atoms with Crippen LogP contribution in [0.15, 0.2) is 18.6 Å². The van der Waals surface area contributed by atoms with E-state index in [2.05, 4.69) is 15.1 Å². The van der Waals surface area contributed by atoms with E-state index in [1.54, 1.807) is 16.9 Å². The van der Waals surface area contributed by atoms with Crippen LogP contribution in [0.25, 0.3) is 5.82 Å². The minimum Gasteiger partial charge on any atom is -0.245 e. The number of rotatable bonds is 1. The van der Waals surface area contributed by atoms with Crippen LogP contribution in [0.3, 0.4) is 0 Å². The van der Waals surface area contributed by atoms with Gasteiger partial charge in [0, 0.05) is 29.3 Å². The van der Waals surface area contributed by atoms with Gasteiger partial charge in [-0.1, -0.05) is 11.6 Å². The van der Waals surface area contributed by atoms with Crippen LogP contribution >= 0.6 is 23.4 Å². The van der Waals surface area contributed by atoms with Crippen molar-refractivity contribution in [3.05, 3.63) is 35.0 Å². The van der Waals surface area contributed by atoms with E-state index in [-0.39, 0.29) is 0 Å². The Labute approximate surface area is 95.7 Å². The molecule has 0 aliphatic carbocycles. The molecule has 0 aromatic carbocycles. The molecule has 2 aromatic heterocycles. The first-order valence-corrected chi connectivity index (χ1v) is 6.00. The van der Waals surface area contributed by atoms with Gasteiger partial charge in [-0.2, -0.15) is 16.9 Å². The number of hydrogen-bond donors (Lipinski definition) is 0. The largest absolute Gasteiger partial charge is 0.245 e. The van der Waals surface area contributed by atoms with Gasteiger partial charge in [0.1, 0.15) is 11.5 Å². The number of halogens is 1. The molecule has 4 nitrogen and oxygen atoms in total. The van der Waals surface area contributed by atoms with Crippen molar-refractivity contribution in [2.45, 2.75) is 11.5 Å². The first-order chi connectivity index (χ1) is 7.36. The summed E-state index contributed by atoms with van der Waals surface area (Å²) < 4.78 is 1.67. The van der Waals surface area contributed by atoms with E-state index in [4.69, 9.17) is 11.6 Å². The van der Waals surface area contributed by atoms with Crippen molar-refractivity contribution in [2.24, 2.45) is 0 Å². The van der Waals surface area contributed by atoms with Crippen LogP contribution in [-0.2, 0) is 11.5 Å². The van der Waals surface area contributed by atoms with Crippen molar-refractivity contribution in [3.8, 4) is 5.82 Å². The third kappa shape index (κ3) is 1.42. The number of hydrogen-bond acceptors (Lipinski definition) is 4. The molecule has 0 amide bonds. The molecular formula is C9H7ClN4S. The quantitative estimate of drug-likeness (QED) is 0.763. The third-order valence-electron chi connectivity index (χ3n) is 2.27. The van der Waals surface area contributed by atoms with Crippen LogP contribution in [-0.4, -0.2) is 19.7 Å². The summed E-state index contributed by atoms with van der Waals surface area (Å²) in [5.74, 6) is 2.60. The third-order valence-corrected chi connectivity index (χ3v) is 3.63. The smallest absolute Gasteiger partial charge is 0.158 e. The van der Waals surface area contributed by atoms with E-state index in [1.807, 2.05) is 11.8 Å². The van der Waals surface area contributed by atoms with Crippen LogP contribution < -0.4 is 0 Å². The predicted octanol–water partition coefficient (Wildman–Crippen LogP) is 2.06. The first kappa shape index (κ1) is 9.18. The summed E-state index contributed by atoms with van der Waals surface area (Å²) in [6, 6.07) is 1.79. The lowest BCUT2D eigenvalue weighted by molar-refractivity contribution is 0.824. The Hall–Kier alpha value is -1.07. The summed E-state index contributed by atoms with van der Waals surface area (Å²) in [4.78, 5) is 7.99. The summed E-state index contributed by atoms with van der Waals surface area (Å²) in [6.07, 6.45) is 3.17. The summed E-state index contributed by atoms with van der Waals surface area (Å²) in [5.41, 5.74) is 2.21. The second-order valence-electron chi connectivity index (χ2n) is 3.19. The zero-order chi connectivity index (χ0) is 10.3. The van der Waals surface area contributed by atoms with Crippen molar-refractivity contribution in [1.82, 2.24) is 19.7 Å². The number of nitrogens with zero attached hydrogens (tertiary/aromatic N) is 4. The maximum atomic E-state index is 6.23. The van der Waals surface area contributed by atoms with Gasteiger partial charge in [0.15, 0.2) is 5.82 Å². The number of aromatic nitrogens is 4. The highest BCUT2D eigenvalue weighted by atomic mass is 35.5. The molecule has 0 radical (unpaired) electrons. The van der Waals surface area contributed by atoms with Crippen molar-refractivity contribution >= 4 is 23.4 Å². The fourth-order valence-electron chi connectivity index (χ4n) is 1.54. The zero-order valence-electron chi connectivity index (χ0n) is 7.72. The molecule has 0 N–H and O–H groups in total. The molecule has 6 heteroatoms. The average molecular weight is 239 g/mol. The summed E-state index contributed by atoms with van der Waals surface area (Å²) in [6.45, 7) is 0. The summed E-state index contributed by atoms with van der Waals surface area (Å²) in [5, 5.41) is 5.11. The molecule has 2 aromatic rings. The molecule has 1 aliphatic rings. The molecule has 3 rings (SSSR count). The molecule has 0 atom stereocenters. The Morgan fingerprint density at radius 2 is 2.33 bits per heavy atom.